The molecule has 0 saturated heterocycles. The fourth-order valence-electron chi connectivity index (χ4n) is 1.14. The van der Waals surface area contributed by atoms with Gasteiger partial charge in [-0.15, -0.1) is 0 Å². The van der Waals surface area contributed by atoms with Gasteiger partial charge in [0.2, 0.25) is 0 Å². The van der Waals surface area contributed by atoms with E-state index in [1.807, 2.05) is 0 Å². The second kappa shape index (κ2) is 4.05. The van der Waals surface area contributed by atoms with Crippen LogP contribution in [-0.2, 0) is 6.18 Å². The number of anilines is 1. The lowest BCUT2D eigenvalue weighted by molar-refractivity contribution is -0.137. The number of nitrogen functional groups attached to an aromatic ring is 1. The second-order valence-corrected chi connectivity index (χ2v) is 2.77. The Morgan fingerprint density at radius 1 is 1.33 bits per heavy atom. The zero-order valence-corrected chi connectivity index (χ0v) is 7.55. The minimum atomic E-state index is -4.47. The van der Waals surface area contributed by atoms with Crippen LogP contribution in [0.1, 0.15) is 11.1 Å². The average molecular weight is 212 g/mol. The number of rotatable bonds is 1. The molecular formula is C10H7F3N2. The molecule has 0 saturated carbocycles. The van der Waals surface area contributed by atoms with Crippen molar-refractivity contribution in [2.45, 2.75) is 6.18 Å². The van der Waals surface area contributed by atoms with E-state index in [-0.39, 0.29) is 11.3 Å². The fourth-order valence-corrected chi connectivity index (χ4v) is 1.14. The first kappa shape index (κ1) is 11.1. The summed E-state index contributed by atoms with van der Waals surface area (Å²) >= 11 is 0. The van der Waals surface area contributed by atoms with Crippen molar-refractivity contribution in [1.29, 1.82) is 5.26 Å². The summed E-state index contributed by atoms with van der Waals surface area (Å²) < 4.78 is 37.4. The number of hydrogen-bond donors (Lipinski definition) is 1. The minimum Gasteiger partial charge on any atom is -0.398 e. The van der Waals surface area contributed by atoms with E-state index >= 15 is 0 Å². The van der Waals surface area contributed by atoms with Gasteiger partial charge in [-0.1, -0.05) is 6.07 Å². The molecule has 0 bridgehead atoms. The Labute approximate surface area is 84.4 Å². The van der Waals surface area contributed by atoms with Crippen LogP contribution >= 0.6 is 0 Å². The molecule has 0 aliphatic heterocycles. The summed E-state index contributed by atoms with van der Waals surface area (Å²) in [5.74, 6) is 0. The van der Waals surface area contributed by atoms with Crippen LogP contribution in [0.25, 0.3) is 6.08 Å². The van der Waals surface area contributed by atoms with Gasteiger partial charge in [0.25, 0.3) is 0 Å². The largest absolute Gasteiger partial charge is 0.417 e. The van der Waals surface area contributed by atoms with Gasteiger partial charge in [-0.25, -0.2) is 0 Å². The zero-order chi connectivity index (χ0) is 11.5. The number of allylic oxidation sites excluding steroid dienone is 1. The maximum Gasteiger partial charge on any atom is 0.417 e. The van der Waals surface area contributed by atoms with Gasteiger partial charge in [0.1, 0.15) is 0 Å². The van der Waals surface area contributed by atoms with E-state index in [9.17, 15) is 13.2 Å². The number of alkyl halides is 3. The first-order chi connectivity index (χ1) is 6.96. The van der Waals surface area contributed by atoms with Gasteiger partial charge in [0.05, 0.1) is 11.6 Å². The van der Waals surface area contributed by atoms with Crippen LogP contribution in [0.4, 0.5) is 18.9 Å². The van der Waals surface area contributed by atoms with E-state index in [0.717, 1.165) is 18.2 Å². The predicted octanol–water partition coefficient (Wildman–Crippen LogP) is 2.82. The zero-order valence-electron chi connectivity index (χ0n) is 7.55. The highest BCUT2D eigenvalue weighted by Crippen LogP contribution is 2.34. The monoisotopic (exact) mass is 212 g/mol. The van der Waals surface area contributed by atoms with Crippen LogP contribution in [0.15, 0.2) is 24.3 Å². The summed E-state index contributed by atoms with van der Waals surface area (Å²) in [5.41, 5.74) is 4.38. The fraction of sp³-hybridized carbons (Fsp3) is 0.100. The molecular weight excluding hydrogens is 205 g/mol. The number of halogens is 3. The molecule has 0 radical (unpaired) electrons. The van der Waals surface area contributed by atoms with Crippen LogP contribution in [0.5, 0.6) is 0 Å². The maximum atomic E-state index is 12.5. The van der Waals surface area contributed by atoms with Crippen molar-refractivity contribution in [3.05, 3.63) is 35.4 Å². The van der Waals surface area contributed by atoms with Gasteiger partial charge in [-0.3, -0.25) is 0 Å². The topological polar surface area (TPSA) is 49.8 Å². The van der Waals surface area contributed by atoms with Crippen LogP contribution in [-0.4, -0.2) is 0 Å². The molecule has 0 fully saturated rings. The second-order valence-electron chi connectivity index (χ2n) is 2.77. The Bertz CT molecular complexity index is 427. The Morgan fingerprint density at radius 2 is 2.00 bits per heavy atom. The molecule has 15 heavy (non-hydrogen) atoms. The molecule has 1 aromatic carbocycles. The molecule has 2 nitrogen and oxygen atoms in total. The lowest BCUT2D eigenvalue weighted by Crippen LogP contribution is -2.08. The van der Waals surface area contributed by atoms with Crippen molar-refractivity contribution >= 4 is 11.8 Å². The number of benzene rings is 1. The Kier molecular flexibility index (Phi) is 3.00. The van der Waals surface area contributed by atoms with Crippen molar-refractivity contribution in [3.8, 4) is 6.07 Å². The number of nitriles is 1. The summed E-state index contributed by atoms with van der Waals surface area (Å²) in [6.07, 6.45) is -2.45. The van der Waals surface area contributed by atoms with Crippen LogP contribution in [0.2, 0.25) is 0 Å². The average Bonchev–Trinajstić information content (AvgIpc) is 2.14. The summed E-state index contributed by atoms with van der Waals surface area (Å²) in [7, 11) is 0. The molecule has 0 aliphatic carbocycles. The predicted molar refractivity (Wildman–Crippen MR) is 50.5 cm³/mol. The molecule has 1 aromatic rings. The lowest BCUT2D eigenvalue weighted by Gasteiger charge is -2.11. The molecule has 5 heteroatoms. The highest BCUT2D eigenvalue weighted by Gasteiger charge is 2.33. The van der Waals surface area contributed by atoms with Crippen molar-refractivity contribution in [2.75, 3.05) is 5.73 Å². The van der Waals surface area contributed by atoms with E-state index in [4.69, 9.17) is 11.0 Å². The maximum absolute atomic E-state index is 12.5. The van der Waals surface area contributed by atoms with Crippen LogP contribution in [0, 0.1) is 11.3 Å². The summed E-state index contributed by atoms with van der Waals surface area (Å²) in [4.78, 5) is 0. The third-order valence-corrected chi connectivity index (χ3v) is 1.77. The minimum absolute atomic E-state index is 0.00340. The molecule has 0 amide bonds. The molecule has 0 atom stereocenters. The van der Waals surface area contributed by atoms with Crippen molar-refractivity contribution in [1.82, 2.24) is 0 Å². The molecule has 1 rings (SSSR count). The molecule has 78 valence electrons. The molecule has 0 aromatic heterocycles. The highest BCUT2D eigenvalue weighted by molar-refractivity contribution is 5.69. The van der Waals surface area contributed by atoms with E-state index in [1.165, 1.54) is 12.1 Å². The van der Waals surface area contributed by atoms with E-state index in [0.29, 0.717) is 0 Å². The molecule has 2 N–H and O–H groups in total. The summed E-state index contributed by atoms with van der Waals surface area (Å²) in [6.45, 7) is 0. The van der Waals surface area contributed by atoms with Crippen LogP contribution < -0.4 is 5.73 Å². The number of hydrogen-bond acceptors (Lipinski definition) is 2. The smallest absolute Gasteiger partial charge is 0.398 e. The van der Waals surface area contributed by atoms with Crippen molar-refractivity contribution < 1.29 is 13.2 Å². The van der Waals surface area contributed by atoms with E-state index < -0.39 is 11.7 Å². The molecule has 0 aliphatic rings. The van der Waals surface area contributed by atoms with Crippen molar-refractivity contribution in [2.24, 2.45) is 0 Å². The van der Waals surface area contributed by atoms with E-state index in [1.54, 1.807) is 6.07 Å². The lowest BCUT2D eigenvalue weighted by atomic mass is 10.0. The van der Waals surface area contributed by atoms with Gasteiger partial charge in [0, 0.05) is 17.3 Å². The highest BCUT2D eigenvalue weighted by atomic mass is 19.4. The third-order valence-electron chi connectivity index (χ3n) is 1.77. The summed E-state index contributed by atoms with van der Waals surface area (Å²) in [6, 6.07) is 5.12. The van der Waals surface area contributed by atoms with Crippen LogP contribution in [0.3, 0.4) is 0 Å². The van der Waals surface area contributed by atoms with Gasteiger partial charge in [-0.2, -0.15) is 18.4 Å². The Hall–Kier alpha value is -1.96. The third kappa shape index (κ3) is 2.50. The first-order valence-corrected chi connectivity index (χ1v) is 3.98. The Morgan fingerprint density at radius 3 is 2.53 bits per heavy atom. The van der Waals surface area contributed by atoms with Gasteiger partial charge >= 0.3 is 6.18 Å². The standard InChI is InChI=1S/C10H7F3N2/c11-10(12,13)8-4-1-5-9(15)7(8)3-2-6-14/h1-5H,15H2. The molecule has 0 heterocycles. The summed E-state index contributed by atoms with van der Waals surface area (Å²) in [5, 5.41) is 8.25. The Balaban J connectivity index is 3.35. The normalized spacial score (nSPS) is 11.6. The van der Waals surface area contributed by atoms with E-state index in [2.05, 4.69) is 0 Å². The number of nitrogens with zero attached hydrogens (tertiary/aromatic N) is 1. The SMILES string of the molecule is N#CC=Cc1c(N)cccc1C(F)(F)F. The first-order valence-electron chi connectivity index (χ1n) is 3.98. The van der Waals surface area contributed by atoms with Gasteiger partial charge in [-0.05, 0) is 18.2 Å². The molecule has 0 unspecified atom stereocenters. The van der Waals surface area contributed by atoms with Gasteiger partial charge < -0.3 is 5.73 Å². The molecule has 0 spiro atoms. The van der Waals surface area contributed by atoms with Crippen molar-refractivity contribution in [3.63, 3.8) is 0 Å². The van der Waals surface area contributed by atoms with Gasteiger partial charge in [0.15, 0.2) is 0 Å². The number of nitrogens with two attached hydrogens (primary N) is 1. The quantitative estimate of drug-likeness (QED) is 0.574.